The molecule has 0 aliphatic carbocycles. The van der Waals surface area contributed by atoms with E-state index < -0.39 is 10.0 Å². The van der Waals surface area contributed by atoms with Gasteiger partial charge in [-0.3, -0.25) is 0 Å². The average molecular weight is 238 g/mol. The quantitative estimate of drug-likeness (QED) is 0.552. The van der Waals surface area contributed by atoms with Crippen LogP contribution in [-0.4, -0.2) is 46.5 Å². The maximum atomic E-state index is 11.4. The Morgan fingerprint density at radius 1 is 1.27 bits per heavy atom. The normalized spacial score (nSPS) is 12.3. The lowest BCUT2D eigenvalue weighted by molar-refractivity contribution is 0.0911. The molecule has 6 heteroatoms. The average Bonchev–Trinajstić information content (AvgIpc) is 2.11. The number of likely N-dealkylation sites (N-methyl/N-ethyl adjacent to an activating group) is 1. The van der Waals surface area contributed by atoms with Crippen LogP contribution in [0.2, 0.25) is 0 Å². The summed E-state index contributed by atoms with van der Waals surface area (Å²) in [4.78, 5) is 0. The van der Waals surface area contributed by atoms with Gasteiger partial charge >= 0.3 is 0 Å². The van der Waals surface area contributed by atoms with Gasteiger partial charge in [0.1, 0.15) is 0 Å². The first-order valence-electron chi connectivity index (χ1n) is 5.27. The third kappa shape index (κ3) is 10.1. The highest BCUT2D eigenvalue weighted by Gasteiger charge is 2.09. The van der Waals surface area contributed by atoms with E-state index in [4.69, 9.17) is 4.74 Å². The van der Waals surface area contributed by atoms with Crippen molar-refractivity contribution in [1.29, 1.82) is 0 Å². The van der Waals surface area contributed by atoms with Gasteiger partial charge < -0.3 is 10.1 Å². The standard InChI is InChI=1S/C9H22N2O3S/c1-4-10-5-6-11-15(12,13)8-7-14-9(2)3/h9-11H,4-8H2,1-3H3. The second-order valence-electron chi connectivity index (χ2n) is 3.49. The van der Waals surface area contributed by atoms with Gasteiger partial charge in [-0.2, -0.15) is 0 Å². The molecule has 0 aromatic carbocycles. The highest BCUT2D eigenvalue weighted by Crippen LogP contribution is 1.90. The van der Waals surface area contributed by atoms with Gasteiger partial charge in [0.25, 0.3) is 0 Å². The van der Waals surface area contributed by atoms with Gasteiger partial charge in [-0.15, -0.1) is 0 Å². The maximum Gasteiger partial charge on any atom is 0.213 e. The SMILES string of the molecule is CCNCCNS(=O)(=O)CCOC(C)C. The minimum atomic E-state index is -3.17. The van der Waals surface area contributed by atoms with E-state index in [1.54, 1.807) is 0 Å². The molecule has 92 valence electrons. The van der Waals surface area contributed by atoms with Crippen molar-refractivity contribution >= 4 is 10.0 Å². The lowest BCUT2D eigenvalue weighted by Gasteiger charge is -2.09. The molecule has 0 saturated carbocycles. The minimum Gasteiger partial charge on any atom is -0.378 e. The van der Waals surface area contributed by atoms with Crippen LogP contribution in [-0.2, 0) is 14.8 Å². The predicted molar refractivity (Wildman–Crippen MR) is 61.4 cm³/mol. The third-order valence-corrected chi connectivity index (χ3v) is 3.03. The van der Waals surface area contributed by atoms with Gasteiger partial charge in [-0.25, -0.2) is 13.1 Å². The van der Waals surface area contributed by atoms with Crippen molar-refractivity contribution in [2.45, 2.75) is 26.9 Å². The first-order chi connectivity index (χ1) is 6.98. The molecule has 15 heavy (non-hydrogen) atoms. The molecule has 0 aromatic heterocycles. The maximum absolute atomic E-state index is 11.4. The molecule has 0 spiro atoms. The van der Waals surface area contributed by atoms with Crippen LogP contribution in [0.15, 0.2) is 0 Å². The monoisotopic (exact) mass is 238 g/mol. The Balaban J connectivity index is 3.59. The molecule has 0 aliphatic heterocycles. The van der Waals surface area contributed by atoms with E-state index in [1.807, 2.05) is 20.8 Å². The lowest BCUT2D eigenvalue weighted by Crippen LogP contribution is -2.34. The van der Waals surface area contributed by atoms with Crippen LogP contribution in [0, 0.1) is 0 Å². The fraction of sp³-hybridized carbons (Fsp3) is 1.00. The van der Waals surface area contributed by atoms with Crippen molar-refractivity contribution in [3.63, 3.8) is 0 Å². The van der Waals surface area contributed by atoms with E-state index in [2.05, 4.69) is 10.0 Å². The molecule has 0 radical (unpaired) electrons. The molecule has 0 aliphatic rings. The molecular weight excluding hydrogens is 216 g/mol. The molecule has 0 aromatic rings. The zero-order valence-corrected chi connectivity index (χ0v) is 10.6. The van der Waals surface area contributed by atoms with E-state index in [0.29, 0.717) is 13.1 Å². The molecule has 2 N–H and O–H groups in total. The minimum absolute atomic E-state index is 0.0251. The zero-order valence-electron chi connectivity index (χ0n) is 9.75. The fourth-order valence-electron chi connectivity index (χ4n) is 0.937. The Morgan fingerprint density at radius 2 is 1.93 bits per heavy atom. The summed E-state index contributed by atoms with van der Waals surface area (Å²) < 4.78 is 30.4. The summed E-state index contributed by atoms with van der Waals surface area (Å²) in [5.74, 6) is 0.0251. The van der Waals surface area contributed by atoms with Crippen LogP contribution in [0.3, 0.4) is 0 Å². The summed E-state index contributed by atoms with van der Waals surface area (Å²) in [6.07, 6.45) is 0.0713. The predicted octanol–water partition coefficient (Wildman–Crippen LogP) is -0.0597. The smallest absolute Gasteiger partial charge is 0.213 e. The molecular formula is C9H22N2O3S. The number of nitrogens with one attached hydrogen (secondary N) is 2. The highest BCUT2D eigenvalue weighted by atomic mass is 32.2. The zero-order chi connectivity index (χ0) is 11.7. The number of sulfonamides is 1. The first-order valence-corrected chi connectivity index (χ1v) is 6.93. The molecule has 0 unspecified atom stereocenters. The van der Waals surface area contributed by atoms with Gasteiger partial charge in [-0.05, 0) is 20.4 Å². The molecule has 0 amide bonds. The molecule has 0 saturated heterocycles. The summed E-state index contributed by atoms with van der Waals surface area (Å²) >= 11 is 0. The third-order valence-electron chi connectivity index (χ3n) is 1.68. The molecule has 5 nitrogen and oxygen atoms in total. The van der Waals surface area contributed by atoms with Gasteiger partial charge in [0, 0.05) is 13.1 Å². The van der Waals surface area contributed by atoms with Crippen molar-refractivity contribution in [2.75, 3.05) is 32.0 Å². The molecule has 0 bridgehead atoms. The van der Waals surface area contributed by atoms with Crippen molar-refractivity contribution in [1.82, 2.24) is 10.0 Å². The van der Waals surface area contributed by atoms with E-state index >= 15 is 0 Å². The van der Waals surface area contributed by atoms with E-state index in [9.17, 15) is 8.42 Å². The Hall–Kier alpha value is -0.170. The fourth-order valence-corrected chi connectivity index (χ4v) is 1.81. The summed E-state index contributed by atoms with van der Waals surface area (Å²) in [5, 5.41) is 3.04. The van der Waals surface area contributed by atoms with E-state index in [-0.39, 0.29) is 18.5 Å². The van der Waals surface area contributed by atoms with Crippen LogP contribution in [0.25, 0.3) is 0 Å². The first kappa shape index (κ1) is 14.8. The van der Waals surface area contributed by atoms with Crippen LogP contribution < -0.4 is 10.0 Å². The van der Waals surface area contributed by atoms with Crippen molar-refractivity contribution in [3.05, 3.63) is 0 Å². The number of hydrogen-bond acceptors (Lipinski definition) is 4. The molecule has 0 fully saturated rings. The highest BCUT2D eigenvalue weighted by molar-refractivity contribution is 7.89. The Bertz CT molecular complexity index is 240. The van der Waals surface area contributed by atoms with Gasteiger partial charge in [-0.1, -0.05) is 6.92 Å². The van der Waals surface area contributed by atoms with E-state index in [1.165, 1.54) is 0 Å². The molecule has 0 rings (SSSR count). The summed E-state index contributed by atoms with van der Waals surface area (Å²) in [6, 6.07) is 0. The van der Waals surface area contributed by atoms with Crippen molar-refractivity contribution in [3.8, 4) is 0 Å². The van der Waals surface area contributed by atoms with Crippen LogP contribution in [0.4, 0.5) is 0 Å². The van der Waals surface area contributed by atoms with Crippen molar-refractivity contribution in [2.24, 2.45) is 0 Å². The Kier molecular flexibility index (Phi) is 7.95. The van der Waals surface area contributed by atoms with Crippen LogP contribution >= 0.6 is 0 Å². The summed E-state index contributed by atoms with van der Waals surface area (Å²) in [7, 11) is -3.17. The largest absolute Gasteiger partial charge is 0.378 e. The van der Waals surface area contributed by atoms with Crippen molar-refractivity contribution < 1.29 is 13.2 Å². The van der Waals surface area contributed by atoms with Gasteiger partial charge in [0.05, 0.1) is 18.5 Å². The summed E-state index contributed by atoms with van der Waals surface area (Å²) in [5.41, 5.74) is 0. The topological polar surface area (TPSA) is 67.4 Å². The van der Waals surface area contributed by atoms with Crippen LogP contribution in [0.1, 0.15) is 20.8 Å². The van der Waals surface area contributed by atoms with Gasteiger partial charge in [0.15, 0.2) is 0 Å². The molecule has 0 heterocycles. The van der Waals surface area contributed by atoms with Crippen LogP contribution in [0.5, 0.6) is 0 Å². The number of ether oxygens (including phenoxy) is 1. The molecule has 0 atom stereocenters. The Morgan fingerprint density at radius 3 is 2.47 bits per heavy atom. The lowest BCUT2D eigenvalue weighted by atomic mass is 10.5. The summed E-state index contributed by atoms with van der Waals surface area (Å²) in [6.45, 7) is 7.91. The number of hydrogen-bond donors (Lipinski definition) is 2. The van der Waals surface area contributed by atoms with E-state index in [0.717, 1.165) is 6.54 Å². The van der Waals surface area contributed by atoms with Gasteiger partial charge in [0.2, 0.25) is 10.0 Å². The second-order valence-corrected chi connectivity index (χ2v) is 5.41. The number of rotatable bonds is 9. The Labute approximate surface area is 92.6 Å². The second kappa shape index (κ2) is 8.04.